The molecule has 0 spiro atoms. The standard InChI is InChI=1S/C24H28FN3O4/c1-4-29-14-13-19-5-9-21(10-6-19)30-15-16-31-26-17-23-18(2)27-28(3)24(23)32-22-11-7-20(25)8-12-22/h5-12,17H,4,13-16H2,1-3H3. The predicted molar refractivity (Wildman–Crippen MR) is 120 cm³/mol. The van der Waals surface area contributed by atoms with Crippen LogP contribution in [0.3, 0.4) is 0 Å². The molecule has 0 aliphatic heterocycles. The maximum absolute atomic E-state index is 13.1. The highest BCUT2D eigenvalue weighted by molar-refractivity contribution is 5.84. The molecule has 0 amide bonds. The second-order valence-electron chi connectivity index (χ2n) is 6.99. The fourth-order valence-corrected chi connectivity index (χ4v) is 2.96. The van der Waals surface area contributed by atoms with Gasteiger partial charge in [-0.15, -0.1) is 0 Å². The van der Waals surface area contributed by atoms with E-state index >= 15 is 0 Å². The third kappa shape index (κ3) is 6.81. The summed E-state index contributed by atoms with van der Waals surface area (Å²) >= 11 is 0. The summed E-state index contributed by atoms with van der Waals surface area (Å²) in [6, 6.07) is 13.7. The van der Waals surface area contributed by atoms with Crippen LogP contribution >= 0.6 is 0 Å². The summed E-state index contributed by atoms with van der Waals surface area (Å²) in [6.07, 6.45) is 2.43. The minimum Gasteiger partial charge on any atom is -0.490 e. The molecule has 3 rings (SSSR count). The van der Waals surface area contributed by atoms with E-state index in [0.29, 0.717) is 23.8 Å². The number of benzene rings is 2. The van der Waals surface area contributed by atoms with Crippen LogP contribution in [0.4, 0.5) is 4.39 Å². The third-order valence-corrected chi connectivity index (χ3v) is 4.60. The van der Waals surface area contributed by atoms with E-state index in [-0.39, 0.29) is 12.4 Å². The number of aromatic nitrogens is 2. The van der Waals surface area contributed by atoms with E-state index in [0.717, 1.165) is 31.1 Å². The number of nitrogens with zero attached hydrogens (tertiary/aromatic N) is 3. The molecule has 0 bridgehead atoms. The molecule has 0 saturated carbocycles. The minimum absolute atomic E-state index is 0.288. The van der Waals surface area contributed by atoms with E-state index in [1.807, 2.05) is 38.1 Å². The molecule has 1 aromatic heterocycles. The molecule has 0 saturated heterocycles. The molecule has 3 aromatic rings. The zero-order valence-electron chi connectivity index (χ0n) is 18.6. The van der Waals surface area contributed by atoms with E-state index in [9.17, 15) is 4.39 Å². The molecule has 1 heterocycles. The largest absolute Gasteiger partial charge is 0.490 e. The van der Waals surface area contributed by atoms with Gasteiger partial charge < -0.3 is 19.0 Å². The van der Waals surface area contributed by atoms with Crippen molar-refractivity contribution in [2.75, 3.05) is 26.4 Å². The zero-order valence-corrected chi connectivity index (χ0v) is 18.6. The highest BCUT2D eigenvalue weighted by Gasteiger charge is 2.14. The highest BCUT2D eigenvalue weighted by Crippen LogP contribution is 2.26. The van der Waals surface area contributed by atoms with Crippen LogP contribution in [0.5, 0.6) is 17.4 Å². The molecule has 0 aliphatic carbocycles. The number of aryl methyl sites for hydroxylation is 2. The van der Waals surface area contributed by atoms with Gasteiger partial charge in [0.05, 0.1) is 24.1 Å². The summed E-state index contributed by atoms with van der Waals surface area (Å²) in [5.74, 6) is 1.44. The smallest absolute Gasteiger partial charge is 0.226 e. The monoisotopic (exact) mass is 441 g/mol. The van der Waals surface area contributed by atoms with Gasteiger partial charge in [0, 0.05) is 13.7 Å². The van der Waals surface area contributed by atoms with Crippen LogP contribution in [0.2, 0.25) is 0 Å². The summed E-state index contributed by atoms with van der Waals surface area (Å²) in [4.78, 5) is 5.32. The Kier molecular flexibility index (Phi) is 8.62. The Balaban J connectivity index is 1.46. The van der Waals surface area contributed by atoms with Crippen LogP contribution in [-0.2, 0) is 23.0 Å². The predicted octanol–water partition coefficient (Wildman–Crippen LogP) is 4.67. The van der Waals surface area contributed by atoms with Crippen LogP contribution in [0.15, 0.2) is 53.7 Å². The van der Waals surface area contributed by atoms with E-state index in [1.54, 1.807) is 30.1 Å². The van der Waals surface area contributed by atoms with Crippen molar-refractivity contribution in [1.29, 1.82) is 0 Å². The van der Waals surface area contributed by atoms with Crippen molar-refractivity contribution in [2.45, 2.75) is 20.3 Å². The molecule has 0 N–H and O–H groups in total. The fraction of sp³-hybridized carbons (Fsp3) is 0.333. The second kappa shape index (κ2) is 11.9. The maximum Gasteiger partial charge on any atom is 0.226 e. The summed E-state index contributed by atoms with van der Waals surface area (Å²) < 4.78 is 31.6. The van der Waals surface area contributed by atoms with Crippen molar-refractivity contribution in [1.82, 2.24) is 9.78 Å². The number of oxime groups is 1. The molecule has 8 heteroatoms. The van der Waals surface area contributed by atoms with Crippen molar-refractivity contribution in [2.24, 2.45) is 12.2 Å². The van der Waals surface area contributed by atoms with Gasteiger partial charge >= 0.3 is 0 Å². The Morgan fingerprint density at radius 3 is 2.44 bits per heavy atom. The number of hydrogen-bond acceptors (Lipinski definition) is 6. The van der Waals surface area contributed by atoms with Crippen molar-refractivity contribution in [3.63, 3.8) is 0 Å². The number of hydrogen-bond donors (Lipinski definition) is 0. The molecule has 0 aliphatic rings. The second-order valence-corrected chi connectivity index (χ2v) is 6.99. The fourth-order valence-electron chi connectivity index (χ4n) is 2.96. The Hall–Kier alpha value is -3.39. The van der Waals surface area contributed by atoms with Crippen LogP contribution in [0.1, 0.15) is 23.7 Å². The summed E-state index contributed by atoms with van der Waals surface area (Å²) in [5.41, 5.74) is 2.62. The minimum atomic E-state index is -0.326. The van der Waals surface area contributed by atoms with E-state index in [2.05, 4.69) is 10.3 Å². The average Bonchev–Trinajstić information content (AvgIpc) is 3.05. The van der Waals surface area contributed by atoms with E-state index in [4.69, 9.17) is 19.0 Å². The van der Waals surface area contributed by atoms with Crippen molar-refractivity contribution in [3.8, 4) is 17.4 Å². The molecule has 2 aromatic carbocycles. The van der Waals surface area contributed by atoms with E-state index in [1.165, 1.54) is 17.7 Å². The van der Waals surface area contributed by atoms with Gasteiger partial charge in [0.15, 0.2) is 6.61 Å². The van der Waals surface area contributed by atoms with Crippen LogP contribution in [0.25, 0.3) is 0 Å². The van der Waals surface area contributed by atoms with Gasteiger partial charge in [-0.05, 0) is 62.2 Å². The lowest BCUT2D eigenvalue weighted by Gasteiger charge is -2.07. The first-order valence-electron chi connectivity index (χ1n) is 10.5. The average molecular weight is 442 g/mol. The van der Waals surface area contributed by atoms with E-state index < -0.39 is 0 Å². The Labute approximate surface area is 187 Å². The molecule has 7 nitrogen and oxygen atoms in total. The van der Waals surface area contributed by atoms with Gasteiger partial charge in [-0.25, -0.2) is 9.07 Å². The number of halogens is 1. The SMILES string of the molecule is CCOCCc1ccc(OCCON=Cc2c(C)nn(C)c2Oc2ccc(F)cc2)cc1. The van der Waals surface area contributed by atoms with Gasteiger partial charge in [-0.3, -0.25) is 0 Å². The highest BCUT2D eigenvalue weighted by atomic mass is 19.1. The summed E-state index contributed by atoms with van der Waals surface area (Å²) in [5, 5.41) is 8.36. The van der Waals surface area contributed by atoms with Gasteiger partial charge in [0.1, 0.15) is 23.9 Å². The molecule has 0 atom stereocenters. The lowest BCUT2D eigenvalue weighted by molar-refractivity contribution is 0.108. The van der Waals surface area contributed by atoms with Gasteiger partial charge in [-0.2, -0.15) is 5.10 Å². The van der Waals surface area contributed by atoms with Crippen LogP contribution < -0.4 is 9.47 Å². The van der Waals surface area contributed by atoms with Crippen molar-refractivity contribution >= 4 is 6.21 Å². The molecular weight excluding hydrogens is 413 g/mol. The van der Waals surface area contributed by atoms with Gasteiger partial charge in [-0.1, -0.05) is 17.3 Å². The molecular formula is C24H28FN3O4. The quantitative estimate of drug-likeness (QED) is 0.232. The first kappa shape index (κ1) is 23.3. The molecule has 0 unspecified atom stereocenters. The number of ether oxygens (including phenoxy) is 3. The summed E-state index contributed by atoms with van der Waals surface area (Å²) in [6.45, 7) is 5.93. The summed E-state index contributed by atoms with van der Waals surface area (Å²) in [7, 11) is 1.76. The third-order valence-electron chi connectivity index (χ3n) is 4.60. The normalized spacial score (nSPS) is 11.1. The van der Waals surface area contributed by atoms with Crippen LogP contribution in [-0.4, -0.2) is 42.4 Å². The molecule has 0 radical (unpaired) electrons. The topological polar surface area (TPSA) is 67.1 Å². The maximum atomic E-state index is 13.1. The Morgan fingerprint density at radius 1 is 1.00 bits per heavy atom. The lowest BCUT2D eigenvalue weighted by Crippen LogP contribution is -2.04. The number of rotatable bonds is 12. The first-order valence-corrected chi connectivity index (χ1v) is 10.5. The van der Waals surface area contributed by atoms with Crippen LogP contribution in [0, 0.1) is 12.7 Å². The molecule has 0 fully saturated rings. The van der Waals surface area contributed by atoms with Gasteiger partial charge in [0.25, 0.3) is 0 Å². The van der Waals surface area contributed by atoms with Crippen molar-refractivity contribution in [3.05, 3.63) is 71.2 Å². The molecule has 170 valence electrons. The Morgan fingerprint density at radius 2 is 1.72 bits per heavy atom. The molecule has 32 heavy (non-hydrogen) atoms. The Bertz CT molecular complexity index is 1000. The lowest BCUT2D eigenvalue weighted by atomic mass is 10.1. The van der Waals surface area contributed by atoms with Crippen molar-refractivity contribution < 1.29 is 23.4 Å². The zero-order chi connectivity index (χ0) is 22.8. The van der Waals surface area contributed by atoms with Gasteiger partial charge in [0.2, 0.25) is 5.88 Å². The first-order chi connectivity index (χ1) is 15.6.